The summed E-state index contributed by atoms with van der Waals surface area (Å²) in [7, 11) is 0. The van der Waals surface area contributed by atoms with Gasteiger partial charge >= 0.3 is 0 Å². The molecule has 0 fully saturated rings. The summed E-state index contributed by atoms with van der Waals surface area (Å²) in [6.45, 7) is 2.57. The number of benzene rings is 1. The van der Waals surface area contributed by atoms with Crippen molar-refractivity contribution in [2.75, 3.05) is 13.2 Å². The van der Waals surface area contributed by atoms with Gasteiger partial charge in [0.2, 0.25) is 0 Å². The Kier molecular flexibility index (Phi) is 12.0. The number of allylic oxidation sites excluding steroid dienone is 4. The molecule has 2 aromatic rings. The van der Waals surface area contributed by atoms with Gasteiger partial charge in [-0.05, 0) is 104 Å². The highest BCUT2D eigenvalue weighted by atomic mass is 16.5. The van der Waals surface area contributed by atoms with Crippen molar-refractivity contribution < 1.29 is 30.3 Å². The molecule has 0 spiro atoms. The SMILES string of the molecule is CCC1C#CC2C=C3CCc4cc(O)c(OC(CC(Cc5ccc[nH]5)C5=CCNC(N)=C5)C(O)CCO)cc4C3CC(O)C2C(O)CCCC1. The van der Waals surface area contributed by atoms with Crippen LogP contribution in [-0.2, 0) is 12.8 Å². The van der Waals surface area contributed by atoms with Crippen molar-refractivity contribution in [3.8, 4) is 23.3 Å². The molecule has 3 aliphatic carbocycles. The van der Waals surface area contributed by atoms with Gasteiger partial charge in [0.25, 0.3) is 0 Å². The summed E-state index contributed by atoms with van der Waals surface area (Å²) >= 11 is 0. The van der Waals surface area contributed by atoms with Crippen molar-refractivity contribution >= 4 is 0 Å². The molecule has 2 heterocycles. The molecule has 1 aromatic heterocycles. The first-order valence-electron chi connectivity index (χ1n) is 18.7. The maximum atomic E-state index is 11.7. The van der Waals surface area contributed by atoms with Crippen LogP contribution in [0.1, 0.15) is 87.4 Å². The van der Waals surface area contributed by atoms with Gasteiger partial charge in [0.15, 0.2) is 11.5 Å². The van der Waals surface area contributed by atoms with Crippen LogP contribution in [0, 0.1) is 35.5 Å². The summed E-state index contributed by atoms with van der Waals surface area (Å²) in [5.74, 6) is 7.40. The van der Waals surface area contributed by atoms with Gasteiger partial charge in [0.1, 0.15) is 6.10 Å². The summed E-state index contributed by atoms with van der Waals surface area (Å²) in [5, 5.41) is 58.6. The summed E-state index contributed by atoms with van der Waals surface area (Å²) in [5.41, 5.74) is 11.4. The number of aromatic nitrogens is 1. The van der Waals surface area contributed by atoms with E-state index in [4.69, 9.17) is 10.5 Å². The zero-order valence-corrected chi connectivity index (χ0v) is 29.2. The van der Waals surface area contributed by atoms with Crippen LogP contribution in [0.4, 0.5) is 0 Å². The van der Waals surface area contributed by atoms with Crippen molar-refractivity contribution in [2.24, 2.45) is 29.4 Å². The van der Waals surface area contributed by atoms with E-state index in [9.17, 15) is 25.5 Å². The van der Waals surface area contributed by atoms with Gasteiger partial charge in [-0.25, -0.2) is 0 Å². The fourth-order valence-electron chi connectivity index (χ4n) is 8.54. The van der Waals surface area contributed by atoms with E-state index in [1.807, 2.05) is 30.5 Å². The monoisotopic (exact) mass is 685 g/mol. The lowest BCUT2D eigenvalue weighted by Gasteiger charge is -2.33. The van der Waals surface area contributed by atoms with Crippen molar-refractivity contribution in [1.29, 1.82) is 0 Å². The van der Waals surface area contributed by atoms with Crippen LogP contribution >= 0.6 is 0 Å². The fraction of sp³-hybridized carbons (Fsp3) is 0.561. The molecule has 0 bridgehead atoms. The normalized spacial score (nSPS) is 28.3. The Hall–Kier alpha value is -3.68. The highest BCUT2D eigenvalue weighted by Gasteiger charge is 2.40. The van der Waals surface area contributed by atoms with E-state index < -0.39 is 24.4 Å². The minimum absolute atomic E-state index is 0.00118. The first kappa shape index (κ1) is 36.1. The smallest absolute Gasteiger partial charge is 0.161 e. The molecule has 9 heteroatoms. The maximum absolute atomic E-state index is 11.7. The van der Waals surface area contributed by atoms with Crippen LogP contribution in [0.25, 0.3) is 0 Å². The predicted molar refractivity (Wildman–Crippen MR) is 194 cm³/mol. The van der Waals surface area contributed by atoms with Gasteiger partial charge in [-0.15, -0.1) is 0 Å². The van der Waals surface area contributed by atoms with Gasteiger partial charge in [-0.3, -0.25) is 0 Å². The van der Waals surface area contributed by atoms with Crippen LogP contribution in [0.3, 0.4) is 0 Å². The van der Waals surface area contributed by atoms with Crippen molar-refractivity contribution in [2.45, 2.75) is 108 Å². The van der Waals surface area contributed by atoms with Gasteiger partial charge < -0.3 is 46.3 Å². The minimum atomic E-state index is -0.989. The van der Waals surface area contributed by atoms with E-state index in [1.165, 1.54) is 5.57 Å². The molecule has 9 atom stereocenters. The van der Waals surface area contributed by atoms with Gasteiger partial charge in [0.05, 0.1) is 24.1 Å². The standard InChI is InChI=1S/C41H55N3O6/c1-2-25-6-3-4-8-35(47)41-29(10-9-25)18-27-11-12-28-20-36(48)39(24-33(28)32(27)23-37(41)49)50-38(34(46)14-17-45)21-30(19-31-7-5-15-43-31)26-13-16-44-40(42)22-26/h5,7,13,15,18,20,22,24-25,29-30,32,34-35,37-38,41,43-49H,2-4,6,8,11-12,14,16-17,19,21,23,42H2,1H3. The van der Waals surface area contributed by atoms with Crippen LogP contribution in [0.2, 0.25) is 0 Å². The van der Waals surface area contributed by atoms with Crippen LogP contribution in [0.15, 0.2) is 65.7 Å². The lowest BCUT2D eigenvalue weighted by Crippen LogP contribution is -2.37. The Morgan fingerprint density at radius 2 is 1.94 bits per heavy atom. The molecule has 0 saturated carbocycles. The maximum Gasteiger partial charge on any atom is 0.161 e. The van der Waals surface area contributed by atoms with Crippen LogP contribution < -0.4 is 15.8 Å². The number of rotatable bonds is 11. The molecule has 9 nitrogen and oxygen atoms in total. The van der Waals surface area contributed by atoms with Gasteiger partial charge in [-0.1, -0.05) is 49.3 Å². The Labute approximate surface area is 296 Å². The molecular weight excluding hydrogens is 630 g/mol. The molecular formula is C41H55N3O6. The number of nitrogens with one attached hydrogen (secondary N) is 2. The molecule has 0 radical (unpaired) electrons. The Morgan fingerprint density at radius 1 is 1.10 bits per heavy atom. The second-order valence-corrected chi connectivity index (χ2v) is 14.7. The Morgan fingerprint density at radius 3 is 2.70 bits per heavy atom. The topological polar surface area (TPSA) is 164 Å². The zero-order valence-electron chi connectivity index (χ0n) is 29.2. The average Bonchev–Trinajstić information content (AvgIpc) is 3.56. The molecule has 270 valence electrons. The number of phenols is 1. The number of dihydropyridines is 1. The van der Waals surface area contributed by atoms with E-state index in [1.54, 1.807) is 6.07 Å². The van der Waals surface area contributed by atoms with E-state index in [0.29, 0.717) is 44.0 Å². The third-order valence-corrected chi connectivity index (χ3v) is 11.4. The molecule has 0 amide bonds. The second kappa shape index (κ2) is 16.6. The largest absolute Gasteiger partial charge is 0.504 e. The number of hydrogen-bond donors (Lipinski definition) is 8. The second-order valence-electron chi connectivity index (χ2n) is 14.7. The molecule has 1 aromatic carbocycles. The number of ether oxygens (including phenoxy) is 1. The zero-order chi connectivity index (χ0) is 35.2. The van der Waals surface area contributed by atoms with Crippen molar-refractivity contribution in [1.82, 2.24) is 10.3 Å². The highest BCUT2D eigenvalue weighted by Crippen LogP contribution is 2.48. The Bertz CT molecular complexity index is 1600. The molecule has 9 unspecified atom stereocenters. The van der Waals surface area contributed by atoms with Crippen molar-refractivity contribution in [3.63, 3.8) is 0 Å². The third kappa shape index (κ3) is 8.43. The summed E-state index contributed by atoms with van der Waals surface area (Å²) in [6, 6.07) is 7.63. The van der Waals surface area contributed by atoms with Gasteiger partial charge in [0, 0.05) is 55.1 Å². The van der Waals surface area contributed by atoms with E-state index in [-0.39, 0.29) is 48.2 Å². The molecule has 6 rings (SSSR count). The number of aryl methyl sites for hydroxylation is 1. The number of aliphatic hydroxyl groups excluding tert-OH is 4. The average molecular weight is 686 g/mol. The first-order valence-corrected chi connectivity index (χ1v) is 18.7. The lowest BCUT2D eigenvalue weighted by atomic mass is 9.76. The molecule has 0 saturated heterocycles. The molecule has 50 heavy (non-hydrogen) atoms. The number of phenolic OH excluding ortho intramolecular Hbond substituents is 1. The first-order chi connectivity index (χ1) is 24.2. The Balaban J connectivity index is 1.31. The number of aromatic hydroxyl groups is 1. The van der Waals surface area contributed by atoms with Crippen LogP contribution in [0.5, 0.6) is 11.5 Å². The van der Waals surface area contributed by atoms with Gasteiger partial charge in [-0.2, -0.15) is 0 Å². The third-order valence-electron chi connectivity index (χ3n) is 11.4. The fourth-order valence-corrected chi connectivity index (χ4v) is 8.54. The molecule has 9 N–H and O–H groups in total. The molecule has 4 aliphatic rings. The quantitative estimate of drug-likeness (QED) is 0.125. The number of H-pyrrole nitrogens is 1. The molecule has 1 aliphatic heterocycles. The predicted octanol–water partition coefficient (Wildman–Crippen LogP) is 4.71. The number of fused-ring (bicyclic) bond motifs is 4. The summed E-state index contributed by atoms with van der Waals surface area (Å²) < 4.78 is 6.57. The highest BCUT2D eigenvalue weighted by molar-refractivity contribution is 5.52. The van der Waals surface area contributed by atoms with E-state index >= 15 is 0 Å². The number of hydrogen-bond acceptors (Lipinski definition) is 8. The number of nitrogens with two attached hydrogens (primary N) is 1. The minimum Gasteiger partial charge on any atom is -0.504 e. The summed E-state index contributed by atoms with van der Waals surface area (Å²) in [4.78, 5) is 3.29. The lowest BCUT2D eigenvalue weighted by molar-refractivity contribution is -0.00726. The van der Waals surface area contributed by atoms with Crippen molar-refractivity contribution in [3.05, 3.63) is 82.5 Å². The summed E-state index contributed by atoms with van der Waals surface area (Å²) in [6.07, 6.45) is 12.8. The number of aliphatic hydroxyl groups is 4. The number of aromatic amines is 1. The van der Waals surface area contributed by atoms with E-state index in [0.717, 1.165) is 60.9 Å². The van der Waals surface area contributed by atoms with Crippen LogP contribution in [-0.4, -0.2) is 68.1 Å². The van der Waals surface area contributed by atoms with E-state index in [2.05, 4.69) is 41.2 Å².